The van der Waals surface area contributed by atoms with Crippen molar-refractivity contribution in [2.24, 2.45) is 0 Å². The van der Waals surface area contributed by atoms with Gasteiger partial charge in [-0.15, -0.1) is 0 Å². The smallest absolute Gasteiger partial charge is 0.0404 e. The summed E-state index contributed by atoms with van der Waals surface area (Å²) >= 11 is 0. The lowest BCUT2D eigenvalue weighted by atomic mass is 10.3. The molecule has 11 heavy (non-hydrogen) atoms. The van der Waals surface area contributed by atoms with Crippen molar-refractivity contribution in [1.29, 1.82) is 0 Å². The second-order valence-corrected chi connectivity index (χ2v) is 2.44. The SMILES string of the molecule is C=C(C)/C=C\C=C/C.CCC. The highest BCUT2D eigenvalue weighted by Crippen LogP contribution is 1.88. The number of hydrogen-bond donors (Lipinski definition) is 0. The minimum atomic E-state index is 1.09. The molecule has 0 atom stereocenters. The van der Waals surface area contributed by atoms with Gasteiger partial charge in [-0.2, -0.15) is 0 Å². The molecule has 0 bridgehead atoms. The molecule has 0 aromatic carbocycles. The maximum absolute atomic E-state index is 3.71. The van der Waals surface area contributed by atoms with E-state index in [2.05, 4.69) is 20.4 Å². The Morgan fingerprint density at radius 1 is 1.27 bits per heavy atom. The molecule has 0 aliphatic carbocycles. The monoisotopic (exact) mass is 152 g/mol. The average molecular weight is 152 g/mol. The normalized spacial score (nSPS) is 9.82. The zero-order valence-electron chi connectivity index (χ0n) is 8.22. The van der Waals surface area contributed by atoms with Crippen LogP contribution < -0.4 is 0 Å². The summed E-state index contributed by atoms with van der Waals surface area (Å²) in [5.41, 5.74) is 1.09. The van der Waals surface area contributed by atoms with E-state index in [4.69, 9.17) is 0 Å². The molecule has 0 nitrogen and oxygen atoms in total. The van der Waals surface area contributed by atoms with E-state index >= 15 is 0 Å². The molecule has 0 radical (unpaired) electrons. The van der Waals surface area contributed by atoms with Gasteiger partial charge in [0.25, 0.3) is 0 Å². The van der Waals surface area contributed by atoms with E-state index < -0.39 is 0 Å². The molecule has 0 aliphatic rings. The Hall–Kier alpha value is -0.780. The standard InChI is InChI=1S/C8H12.C3H8/c1-4-5-6-7-8(2)3;1-3-2/h4-7H,2H2,1,3H3;3H2,1-2H3/b5-4-,7-6-;. The zero-order valence-corrected chi connectivity index (χ0v) is 8.22. The van der Waals surface area contributed by atoms with Gasteiger partial charge in [0.2, 0.25) is 0 Å². The van der Waals surface area contributed by atoms with Crippen molar-refractivity contribution < 1.29 is 0 Å². The van der Waals surface area contributed by atoms with Crippen molar-refractivity contribution in [3.63, 3.8) is 0 Å². The number of rotatable bonds is 2. The van der Waals surface area contributed by atoms with Crippen LogP contribution in [-0.4, -0.2) is 0 Å². The van der Waals surface area contributed by atoms with Gasteiger partial charge in [-0.3, -0.25) is 0 Å². The fourth-order valence-electron chi connectivity index (χ4n) is 0.331. The Balaban J connectivity index is 0. The van der Waals surface area contributed by atoms with Crippen molar-refractivity contribution in [2.75, 3.05) is 0 Å². The molecule has 0 saturated carbocycles. The van der Waals surface area contributed by atoms with Crippen LogP contribution in [0.1, 0.15) is 34.1 Å². The molecular formula is C11H20. The van der Waals surface area contributed by atoms with Crippen molar-refractivity contribution in [1.82, 2.24) is 0 Å². The third-order valence-corrected chi connectivity index (χ3v) is 0.684. The number of hydrogen-bond acceptors (Lipinski definition) is 0. The predicted octanol–water partition coefficient (Wildman–Crippen LogP) is 4.11. The molecule has 0 heteroatoms. The van der Waals surface area contributed by atoms with Crippen LogP contribution in [0.3, 0.4) is 0 Å². The van der Waals surface area contributed by atoms with Crippen molar-refractivity contribution in [3.8, 4) is 0 Å². The van der Waals surface area contributed by atoms with E-state index in [-0.39, 0.29) is 0 Å². The fraction of sp³-hybridized carbons (Fsp3) is 0.455. The Labute approximate surface area is 71.3 Å². The van der Waals surface area contributed by atoms with Crippen LogP contribution in [0.25, 0.3) is 0 Å². The molecule has 64 valence electrons. The highest BCUT2D eigenvalue weighted by molar-refractivity contribution is 5.16. The quantitative estimate of drug-likeness (QED) is 0.522. The molecule has 0 unspecified atom stereocenters. The Morgan fingerprint density at radius 3 is 2.00 bits per heavy atom. The van der Waals surface area contributed by atoms with E-state index in [0.29, 0.717) is 0 Å². The van der Waals surface area contributed by atoms with Crippen LogP contribution in [0, 0.1) is 0 Å². The molecule has 0 aromatic rings. The van der Waals surface area contributed by atoms with Crippen LogP contribution >= 0.6 is 0 Å². The summed E-state index contributed by atoms with van der Waals surface area (Å²) in [6.45, 7) is 11.9. The lowest BCUT2D eigenvalue weighted by Gasteiger charge is -1.78. The summed E-state index contributed by atoms with van der Waals surface area (Å²) in [4.78, 5) is 0. The van der Waals surface area contributed by atoms with Crippen LogP contribution in [0.15, 0.2) is 36.5 Å². The average Bonchev–Trinajstić information content (AvgIpc) is 1.89. The minimum Gasteiger partial charge on any atom is -0.0961 e. The molecule has 0 aromatic heterocycles. The summed E-state index contributed by atoms with van der Waals surface area (Å²) in [7, 11) is 0. The molecule has 0 aliphatic heterocycles. The van der Waals surface area contributed by atoms with Gasteiger partial charge in [0.1, 0.15) is 0 Å². The first-order valence-electron chi connectivity index (χ1n) is 4.13. The molecule has 0 fully saturated rings. The summed E-state index contributed by atoms with van der Waals surface area (Å²) in [5, 5.41) is 0. The van der Waals surface area contributed by atoms with Crippen LogP contribution in [0.5, 0.6) is 0 Å². The van der Waals surface area contributed by atoms with Gasteiger partial charge >= 0.3 is 0 Å². The third-order valence-electron chi connectivity index (χ3n) is 0.684. The van der Waals surface area contributed by atoms with Gasteiger partial charge in [0.05, 0.1) is 0 Å². The lowest BCUT2D eigenvalue weighted by Crippen LogP contribution is -1.56. The van der Waals surface area contributed by atoms with Crippen molar-refractivity contribution >= 4 is 0 Å². The van der Waals surface area contributed by atoms with E-state index in [1.54, 1.807) is 0 Å². The van der Waals surface area contributed by atoms with Crippen LogP contribution in [-0.2, 0) is 0 Å². The topological polar surface area (TPSA) is 0 Å². The second-order valence-electron chi connectivity index (χ2n) is 2.44. The maximum Gasteiger partial charge on any atom is -0.0404 e. The summed E-state index contributed by atoms with van der Waals surface area (Å²) in [6.07, 6.45) is 9.16. The van der Waals surface area contributed by atoms with Gasteiger partial charge in [-0.1, -0.05) is 56.7 Å². The van der Waals surface area contributed by atoms with E-state index in [1.165, 1.54) is 6.42 Å². The summed E-state index contributed by atoms with van der Waals surface area (Å²) < 4.78 is 0. The van der Waals surface area contributed by atoms with Crippen LogP contribution in [0.4, 0.5) is 0 Å². The highest BCUT2D eigenvalue weighted by atomic mass is 13.7. The molecule has 0 amide bonds. The van der Waals surface area contributed by atoms with E-state index in [9.17, 15) is 0 Å². The van der Waals surface area contributed by atoms with Gasteiger partial charge in [0.15, 0.2) is 0 Å². The first kappa shape index (κ1) is 12.9. The zero-order chi connectivity index (χ0) is 9.11. The summed E-state index contributed by atoms with van der Waals surface area (Å²) in [5.74, 6) is 0. The molecule has 0 heterocycles. The Bertz CT molecular complexity index is 127. The first-order chi connectivity index (χ1) is 5.18. The Morgan fingerprint density at radius 2 is 1.73 bits per heavy atom. The summed E-state index contributed by atoms with van der Waals surface area (Å²) in [6, 6.07) is 0. The second kappa shape index (κ2) is 12.0. The van der Waals surface area contributed by atoms with Gasteiger partial charge in [-0.25, -0.2) is 0 Å². The van der Waals surface area contributed by atoms with E-state index in [0.717, 1.165) is 5.57 Å². The number of allylic oxidation sites excluding steroid dienone is 5. The Kier molecular flexibility index (Phi) is 14.0. The molecular weight excluding hydrogens is 132 g/mol. The molecule has 0 N–H and O–H groups in total. The van der Waals surface area contributed by atoms with Crippen LogP contribution in [0.2, 0.25) is 0 Å². The third kappa shape index (κ3) is 27.0. The minimum absolute atomic E-state index is 1.09. The van der Waals surface area contributed by atoms with E-state index in [1.807, 2.05) is 38.2 Å². The lowest BCUT2D eigenvalue weighted by molar-refractivity contribution is 1.09. The highest BCUT2D eigenvalue weighted by Gasteiger charge is 1.66. The molecule has 0 spiro atoms. The first-order valence-corrected chi connectivity index (χ1v) is 4.13. The molecule has 0 saturated heterocycles. The van der Waals surface area contributed by atoms with Gasteiger partial charge < -0.3 is 0 Å². The maximum atomic E-state index is 3.71. The fourth-order valence-corrected chi connectivity index (χ4v) is 0.331. The van der Waals surface area contributed by atoms with Gasteiger partial charge in [-0.05, 0) is 13.8 Å². The van der Waals surface area contributed by atoms with Crippen molar-refractivity contribution in [3.05, 3.63) is 36.5 Å². The van der Waals surface area contributed by atoms with Gasteiger partial charge in [0, 0.05) is 0 Å². The predicted molar refractivity (Wildman–Crippen MR) is 54.7 cm³/mol. The largest absolute Gasteiger partial charge is 0.0961 e. The molecule has 0 rings (SSSR count). The van der Waals surface area contributed by atoms with Crippen molar-refractivity contribution in [2.45, 2.75) is 34.1 Å².